The van der Waals surface area contributed by atoms with Crippen molar-refractivity contribution in [3.8, 4) is 5.69 Å². The van der Waals surface area contributed by atoms with Crippen molar-refractivity contribution in [2.45, 2.75) is 0 Å². The Bertz CT molecular complexity index is 930. The lowest BCUT2D eigenvalue weighted by atomic mass is 10.2. The van der Waals surface area contributed by atoms with E-state index in [1.54, 1.807) is 10.8 Å². The van der Waals surface area contributed by atoms with Crippen LogP contribution >= 0.6 is 23.6 Å². The summed E-state index contributed by atoms with van der Waals surface area (Å²) in [6.45, 7) is 0. The third-order valence-electron chi connectivity index (χ3n) is 3.25. The van der Waals surface area contributed by atoms with Crippen molar-refractivity contribution in [1.82, 2.24) is 9.99 Å². The van der Waals surface area contributed by atoms with Gasteiger partial charge in [-0.2, -0.15) is 5.10 Å². The van der Waals surface area contributed by atoms with E-state index in [2.05, 4.69) is 10.5 Å². The van der Waals surface area contributed by atoms with E-state index < -0.39 is 0 Å². The Morgan fingerprint density at radius 2 is 1.75 bits per heavy atom. The number of aromatic nitrogens is 1. The van der Waals surface area contributed by atoms with Crippen molar-refractivity contribution >= 4 is 41.5 Å². The van der Waals surface area contributed by atoms with Gasteiger partial charge in [0.05, 0.1) is 6.21 Å². The van der Waals surface area contributed by atoms with Gasteiger partial charge in [0.1, 0.15) is 10.7 Å². The Balaban J connectivity index is 1.82. The van der Waals surface area contributed by atoms with Crippen molar-refractivity contribution in [1.29, 1.82) is 0 Å². The van der Waals surface area contributed by atoms with Crippen molar-refractivity contribution < 1.29 is 4.79 Å². The summed E-state index contributed by atoms with van der Waals surface area (Å²) in [5.74, 6) is -0.0749. The smallest absolute Gasteiger partial charge is 0.285 e. The van der Waals surface area contributed by atoms with E-state index in [1.165, 1.54) is 0 Å². The maximum Gasteiger partial charge on any atom is 0.285 e. The highest BCUT2D eigenvalue weighted by molar-refractivity contribution is 7.73. The molecule has 3 rings (SSSR count). The van der Waals surface area contributed by atoms with Gasteiger partial charge < -0.3 is 5.73 Å². The molecule has 0 spiro atoms. The molecule has 0 saturated heterocycles. The van der Waals surface area contributed by atoms with Gasteiger partial charge in [-0.1, -0.05) is 59.9 Å². The topological polar surface area (TPSA) is 72.4 Å². The van der Waals surface area contributed by atoms with Crippen molar-refractivity contribution in [2.75, 3.05) is 5.73 Å². The van der Waals surface area contributed by atoms with Crippen LogP contribution in [0.1, 0.15) is 15.2 Å². The van der Waals surface area contributed by atoms with Crippen LogP contribution in [-0.2, 0) is 0 Å². The number of carbonyl (C=O) groups excluding carboxylic acids is 1. The van der Waals surface area contributed by atoms with Crippen molar-refractivity contribution in [3.63, 3.8) is 0 Å². The van der Waals surface area contributed by atoms with E-state index >= 15 is 0 Å². The minimum absolute atomic E-state index is 0.309. The van der Waals surface area contributed by atoms with Crippen molar-refractivity contribution in [3.05, 3.63) is 75.1 Å². The number of hydrazone groups is 1. The number of benzene rings is 2. The largest absolute Gasteiger partial charge is 0.383 e. The minimum Gasteiger partial charge on any atom is -0.383 e. The van der Waals surface area contributed by atoms with Gasteiger partial charge in [-0.05, 0) is 29.9 Å². The van der Waals surface area contributed by atoms with Crippen LogP contribution in [0.3, 0.4) is 0 Å². The summed E-state index contributed by atoms with van der Waals surface area (Å²) in [5, 5.41) is 3.95. The second-order valence-electron chi connectivity index (χ2n) is 4.86. The summed E-state index contributed by atoms with van der Waals surface area (Å²) < 4.78 is 2.19. The van der Waals surface area contributed by atoms with Crippen LogP contribution in [0.2, 0.25) is 0 Å². The van der Waals surface area contributed by atoms with Gasteiger partial charge in [0.2, 0.25) is 0 Å². The fourth-order valence-corrected chi connectivity index (χ4v) is 3.38. The van der Waals surface area contributed by atoms with Crippen LogP contribution in [0, 0.1) is 3.95 Å². The summed E-state index contributed by atoms with van der Waals surface area (Å²) in [6.07, 6.45) is 1.57. The Morgan fingerprint density at radius 3 is 2.42 bits per heavy atom. The monoisotopic (exact) mass is 354 g/mol. The van der Waals surface area contributed by atoms with Gasteiger partial charge >= 0.3 is 0 Å². The summed E-state index contributed by atoms with van der Waals surface area (Å²) >= 11 is 6.49. The highest BCUT2D eigenvalue weighted by Crippen LogP contribution is 2.25. The van der Waals surface area contributed by atoms with E-state index in [4.69, 9.17) is 18.0 Å². The van der Waals surface area contributed by atoms with Gasteiger partial charge in [0.15, 0.2) is 3.95 Å². The first-order chi connectivity index (χ1) is 11.7. The van der Waals surface area contributed by atoms with E-state index in [0.717, 1.165) is 22.6 Å². The highest BCUT2D eigenvalue weighted by Gasteiger charge is 2.17. The number of rotatable bonds is 4. The molecule has 1 aromatic heterocycles. The molecule has 0 saturated carbocycles. The fraction of sp³-hybridized carbons (Fsp3) is 0. The number of nitrogens with zero attached hydrogens (tertiary/aromatic N) is 2. The van der Waals surface area contributed by atoms with Crippen LogP contribution in [0.4, 0.5) is 5.82 Å². The predicted molar refractivity (Wildman–Crippen MR) is 100 cm³/mol. The Labute approximate surface area is 148 Å². The summed E-state index contributed by atoms with van der Waals surface area (Å²) in [5.41, 5.74) is 10.3. The molecular formula is C17H14N4OS2. The Morgan fingerprint density at radius 1 is 1.12 bits per heavy atom. The Kier molecular flexibility index (Phi) is 4.83. The molecule has 2 aromatic carbocycles. The van der Waals surface area contributed by atoms with Crippen LogP contribution in [0.5, 0.6) is 0 Å². The first kappa shape index (κ1) is 16.1. The molecule has 120 valence electrons. The number of nitrogens with two attached hydrogens (primary N) is 1. The first-order valence-electron chi connectivity index (χ1n) is 7.12. The summed E-state index contributed by atoms with van der Waals surface area (Å²) in [6, 6.07) is 18.9. The SMILES string of the molecule is Nc1c(C(=O)NN=Cc2ccccc2)sc(=S)n1-c1ccccc1. The minimum atomic E-state index is -0.384. The zero-order valence-corrected chi connectivity index (χ0v) is 14.2. The zero-order chi connectivity index (χ0) is 16.9. The molecule has 0 aliphatic carbocycles. The quantitative estimate of drug-likeness (QED) is 0.427. The lowest BCUT2D eigenvalue weighted by Gasteiger charge is -2.05. The van der Waals surface area contributed by atoms with Crippen LogP contribution < -0.4 is 11.2 Å². The number of nitrogens with one attached hydrogen (secondary N) is 1. The highest BCUT2D eigenvalue weighted by atomic mass is 32.1. The van der Waals surface area contributed by atoms with E-state index in [0.29, 0.717) is 14.6 Å². The van der Waals surface area contributed by atoms with Crippen LogP contribution in [0.25, 0.3) is 5.69 Å². The molecule has 1 heterocycles. The molecular weight excluding hydrogens is 340 g/mol. The lowest BCUT2D eigenvalue weighted by molar-refractivity contribution is 0.0959. The van der Waals surface area contributed by atoms with Gasteiger partial charge in [-0.15, -0.1) is 0 Å². The first-order valence-corrected chi connectivity index (χ1v) is 8.34. The molecule has 1 amide bonds. The molecule has 0 fully saturated rings. The van der Waals surface area contributed by atoms with E-state index in [-0.39, 0.29) is 5.91 Å². The number of nitrogen functional groups attached to an aromatic ring is 1. The molecule has 0 radical (unpaired) electrons. The van der Waals surface area contributed by atoms with Crippen LogP contribution in [0.15, 0.2) is 65.8 Å². The zero-order valence-electron chi connectivity index (χ0n) is 12.5. The molecule has 0 unspecified atom stereocenters. The van der Waals surface area contributed by atoms with Gasteiger partial charge in [-0.25, -0.2) is 5.43 Å². The number of thiazole rings is 1. The van der Waals surface area contributed by atoms with Gasteiger partial charge in [0, 0.05) is 5.69 Å². The third kappa shape index (κ3) is 3.42. The van der Waals surface area contributed by atoms with Crippen LogP contribution in [-0.4, -0.2) is 16.7 Å². The number of hydrogen-bond acceptors (Lipinski definition) is 5. The number of anilines is 1. The molecule has 3 aromatic rings. The van der Waals surface area contributed by atoms with E-state index in [9.17, 15) is 4.79 Å². The maximum absolute atomic E-state index is 12.3. The summed E-state index contributed by atoms with van der Waals surface area (Å²) in [4.78, 5) is 12.6. The molecule has 3 N–H and O–H groups in total. The predicted octanol–water partition coefficient (Wildman–Crippen LogP) is 3.61. The molecule has 24 heavy (non-hydrogen) atoms. The van der Waals surface area contributed by atoms with Gasteiger partial charge in [-0.3, -0.25) is 9.36 Å². The van der Waals surface area contributed by atoms with Crippen molar-refractivity contribution in [2.24, 2.45) is 5.10 Å². The normalized spacial score (nSPS) is 10.8. The molecule has 0 aliphatic heterocycles. The average Bonchev–Trinajstić information content (AvgIpc) is 2.91. The number of amides is 1. The fourth-order valence-electron chi connectivity index (χ4n) is 2.12. The Hall–Kier alpha value is -2.77. The van der Waals surface area contributed by atoms with E-state index in [1.807, 2.05) is 60.7 Å². The number of hydrogen-bond donors (Lipinski definition) is 2. The molecule has 0 aliphatic rings. The lowest BCUT2D eigenvalue weighted by Crippen LogP contribution is -2.18. The molecule has 5 nitrogen and oxygen atoms in total. The number of para-hydroxylation sites is 1. The molecule has 0 bridgehead atoms. The maximum atomic E-state index is 12.3. The van der Waals surface area contributed by atoms with Gasteiger partial charge in [0.25, 0.3) is 5.91 Å². The second kappa shape index (κ2) is 7.20. The second-order valence-corrected chi connectivity index (χ2v) is 6.51. The molecule has 0 atom stereocenters. The standard InChI is InChI=1S/C17H14N4OS2/c18-15-14(16(22)20-19-11-12-7-3-1-4-8-12)24-17(23)21(15)13-9-5-2-6-10-13/h1-11H,18H2,(H,20,22). The third-order valence-corrected chi connectivity index (χ3v) is 4.63. The average molecular weight is 354 g/mol. The number of carbonyl (C=O) groups is 1. The summed E-state index contributed by atoms with van der Waals surface area (Å²) in [7, 11) is 0. The molecule has 7 heteroatoms.